The van der Waals surface area contributed by atoms with Crippen molar-refractivity contribution in [3.05, 3.63) is 24.3 Å². The smallest absolute Gasteiger partial charge is 0.221 e. The average molecular weight is 195 g/mol. The summed E-state index contributed by atoms with van der Waals surface area (Å²) in [7, 11) is -3.29. The van der Waals surface area contributed by atoms with E-state index in [4.69, 9.17) is 0 Å². The second kappa shape index (κ2) is 2.56. The highest BCUT2D eigenvalue weighted by molar-refractivity contribution is 8.05. The molecule has 4 nitrogen and oxygen atoms in total. The lowest BCUT2D eigenvalue weighted by Gasteiger charge is -1.94. The van der Waals surface area contributed by atoms with Crippen molar-refractivity contribution in [2.45, 2.75) is 0 Å². The minimum Gasteiger partial charge on any atom is -0.221 e. The summed E-state index contributed by atoms with van der Waals surface area (Å²) >= 11 is 0. The maximum Gasteiger partial charge on any atom is 0.248 e. The number of hydrogen-bond acceptors (Lipinski definition) is 3. The molecule has 0 amide bonds. The fourth-order valence-corrected chi connectivity index (χ4v) is 1.58. The summed E-state index contributed by atoms with van der Waals surface area (Å²) in [6, 6.07) is 7.06. The zero-order valence-corrected chi connectivity index (χ0v) is 7.75. The van der Waals surface area contributed by atoms with E-state index in [9.17, 15) is 8.42 Å². The summed E-state index contributed by atoms with van der Waals surface area (Å²) < 4.78 is 22.2. The third-order valence-electron chi connectivity index (χ3n) is 1.65. The molecule has 5 heteroatoms. The van der Waals surface area contributed by atoms with Gasteiger partial charge in [-0.25, -0.2) is 18.7 Å². The first kappa shape index (κ1) is 8.25. The van der Waals surface area contributed by atoms with Gasteiger partial charge >= 0.3 is 0 Å². The Morgan fingerprint density at radius 1 is 1.15 bits per heavy atom. The highest BCUT2D eigenvalue weighted by Gasteiger charge is 2.22. The van der Waals surface area contributed by atoms with Crippen molar-refractivity contribution in [2.75, 3.05) is 6.26 Å². The minimum atomic E-state index is -3.29. The van der Waals surface area contributed by atoms with Crippen molar-refractivity contribution in [1.82, 2.24) is 5.32 Å². The summed E-state index contributed by atoms with van der Waals surface area (Å²) in [4.78, 5) is 3.88. The predicted molar refractivity (Wildman–Crippen MR) is 50.2 cm³/mol. The Hall–Kier alpha value is -1.36. The van der Waals surface area contributed by atoms with Crippen molar-refractivity contribution in [3.63, 3.8) is 0 Å². The Morgan fingerprint density at radius 2 is 1.77 bits per heavy atom. The second-order valence-corrected chi connectivity index (χ2v) is 4.68. The molecular formula is C8H7N2O2S. The van der Waals surface area contributed by atoms with Crippen LogP contribution in [-0.4, -0.2) is 19.8 Å². The van der Waals surface area contributed by atoms with E-state index < -0.39 is 9.84 Å². The van der Waals surface area contributed by atoms with Crippen LogP contribution in [0.5, 0.6) is 0 Å². The average Bonchev–Trinajstić information content (AvgIpc) is 2.45. The van der Waals surface area contributed by atoms with Gasteiger partial charge in [0.2, 0.25) is 15.0 Å². The van der Waals surface area contributed by atoms with Crippen LogP contribution in [0.2, 0.25) is 0 Å². The maximum atomic E-state index is 11.1. The minimum absolute atomic E-state index is 0.103. The van der Waals surface area contributed by atoms with Gasteiger partial charge in [-0.15, -0.1) is 0 Å². The Kier molecular flexibility index (Phi) is 1.63. The van der Waals surface area contributed by atoms with Gasteiger partial charge in [-0.3, -0.25) is 0 Å². The molecule has 67 valence electrons. The van der Waals surface area contributed by atoms with Gasteiger partial charge in [0.25, 0.3) is 0 Å². The van der Waals surface area contributed by atoms with Crippen LogP contribution < -0.4 is 5.32 Å². The highest BCUT2D eigenvalue weighted by atomic mass is 32.2. The normalized spacial score (nSPS) is 14.7. The van der Waals surface area contributed by atoms with E-state index in [0.717, 1.165) is 6.26 Å². The Labute approximate surface area is 76.2 Å². The summed E-state index contributed by atoms with van der Waals surface area (Å²) in [6.45, 7) is 0. The summed E-state index contributed by atoms with van der Waals surface area (Å²) in [5.74, 6) is 0. The number of hydrogen-bond donors (Lipinski definition) is 0. The topological polar surface area (TPSA) is 60.6 Å². The molecule has 0 aromatic heterocycles. The number of nitrogens with zero attached hydrogens (tertiary/aromatic N) is 2. The Bertz CT molecular complexity index is 477. The Balaban J connectivity index is 2.48. The molecule has 1 aromatic rings. The number of benzene rings is 1. The number of sulfone groups is 1. The number of amidine groups is 1. The lowest BCUT2D eigenvalue weighted by Crippen LogP contribution is -2.17. The largest absolute Gasteiger partial charge is 0.248 e. The standard InChI is InChI=1S/C8H7N2O2S/c1-13(11,12)8-9-6-4-2-3-5-7(6)10-8/h2-5H,1H3. The van der Waals surface area contributed by atoms with Crippen LogP contribution in [0.3, 0.4) is 0 Å². The van der Waals surface area contributed by atoms with Gasteiger partial charge < -0.3 is 0 Å². The molecule has 0 bridgehead atoms. The van der Waals surface area contributed by atoms with E-state index in [0.29, 0.717) is 11.4 Å². The molecule has 1 aromatic carbocycles. The fraction of sp³-hybridized carbons (Fsp3) is 0.125. The summed E-state index contributed by atoms with van der Waals surface area (Å²) in [6.07, 6.45) is 1.10. The molecule has 1 aliphatic heterocycles. The first-order valence-electron chi connectivity index (χ1n) is 3.67. The lowest BCUT2D eigenvalue weighted by molar-refractivity contribution is 0.611. The molecule has 0 saturated carbocycles. The number of rotatable bonds is 0. The number of fused-ring (bicyclic) bond motifs is 1. The molecule has 0 spiro atoms. The van der Waals surface area contributed by atoms with E-state index >= 15 is 0 Å². The van der Waals surface area contributed by atoms with Crippen molar-refractivity contribution in [2.24, 2.45) is 4.99 Å². The molecule has 13 heavy (non-hydrogen) atoms. The van der Waals surface area contributed by atoms with Gasteiger partial charge in [-0.1, -0.05) is 12.1 Å². The first-order chi connectivity index (χ1) is 6.07. The summed E-state index contributed by atoms with van der Waals surface area (Å²) in [5.41, 5.74) is 1.23. The SMILES string of the molecule is CS(=O)(=O)C1=Nc2ccccc2[N]1. The van der Waals surface area contributed by atoms with Crippen molar-refractivity contribution in [3.8, 4) is 0 Å². The third kappa shape index (κ3) is 1.42. The molecule has 1 radical (unpaired) electrons. The molecule has 0 atom stereocenters. The van der Waals surface area contributed by atoms with Crippen LogP contribution in [0.25, 0.3) is 0 Å². The van der Waals surface area contributed by atoms with E-state index in [-0.39, 0.29) is 5.17 Å². The van der Waals surface area contributed by atoms with E-state index in [1.54, 1.807) is 24.3 Å². The van der Waals surface area contributed by atoms with Crippen LogP contribution in [0.4, 0.5) is 11.4 Å². The molecule has 0 N–H and O–H groups in total. The van der Waals surface area contributed by atoms with E-state index in [1.165, 1.54) is 0 Å². The summed E-state index contributed by atoms with van der Waals surface area (Å²) in [5, 5.41) is 3.78. The van der Waals surface area contributed by atoms with Crippen LogP contribution in [0.15, 0.2) is 29.3 Å². The van der Waals surface area contributed by atoms with Crippen LogP contribution in [0.1, 0.15) is 0 Å². The molecule has 0 unspecified atom stereocenters. The highest BCUT2D eigenvalue weighted by Crippen LogP contribution is 2.30. The van der Waals surface area contributed by atoms with Crippen LogP contribution in [-0.2, 0) is 9.84 Å². The maximum absolute atomic E-state index is 11.1. The predicted octanol–water partition coefficient (Wildman–Crippen LogP) is 0.968. The zero-order valence-electron chi connectivity index (χ0n) is 6.93. The van der Waals surface area contributed by atoms with Gasteiger partial charge in [-0.05, 0) is 12.1 Å². The quantitative estimate of drug-likeness (QED) is 0.619. The first-order valence-corrected chi connectivity index (χ1v) is 5.56. The molecule has 1 heterocycles. The third-order valence-corrected chi connectivity index (χ3v) is 2.49. The van der Waals surface area contributed by atoms with Crippen molar-refractivity contribution >= 4 is 26.4 Å². The van der Waals surface area contributed by atoms with Gasteiger partial charge in [0.1, 0.15) is 0 Å². The molecule has 0 aliphatic carbocycles. The monoisotopic (exact) mass is 195 g/mol. The number of para-hydroxylation sites is 2. The van der Waals surface area contributed by atoms with E-state index in [2.05, 4.69) is 10.3 Å². The zero-order chi connectivity index (χ0) is 9.47. The molecule has 0 fully saturated rings. The molecule has 2 rings (SSSR count). The molecule has 1 aliphatic rings. The fourth-order valence-electron chi connectivity index (χ4n) is 1.05. The number of aliphatic imine (C=N–C) groups is 1. The van der Waals surface area contributed by atoms with Crippen molar-refractivity contribution in [1.29, 1.82) is 0 Å². The Morgan fingerprint density at radius 3 is 2.31 bits per heavy atom. The second-order valence-electron chi connectivity index (χ2n) is 2.77. The lowest BCUT2D eigenvalue weighted by atomic mass is 10.3. The van der Waals surface area contributed by atoms with E-state index in [1.807, 2.05) is 0 Å². The van der Waals surface area contributed by atoms with Gasteiger partial charge in [0, 0.05) is 6.26 Å². The van der Waals surface area contributed by atoms with Gasteiger partial charge in [0.15, 0.2) is 0 Å². The molecular weight excluding hydrogens is 188 g/mol. The van der Waals surface area contributed by atoms with Gasteiger partial charge in [-0.2, -0.15) is 0 Å². The van der Waals surface area contributed by atoms with Crippen LogP contribution in [0, 0.1) is 0 Å². The van der Waals surface area contributed by atoms with Crippen LogP contribution >= 0.6 is 0 Å². The molecule has 0 saturated heterocycles. The van der Waals surface area contributed by atoms with Crippen molar-refractivity contribution < 1.29 is 8.42 Å². The van der Waals surface area contributed by atoms with Gasteiger partial charge in [0.05, 0.1) is 11.4 Å².